The molecule has 0 saturated carbocycles. The second kappa shape index (κ2) is 6.20. The average Bonchev–Trinajstić information content (AvgIpc) is 2.30. The Labute approximate surface area is 101 Å². The zero-order valence-corrected chi connectivity index (χ0v) is 11.1. The van der Waals surface area contributed by atoms with E-state index in [2.05, 4.69) is 0 Å². The molecule has 3 nitrogen and oxygen atoms in total. The van der Waals surface area contributed by atoms with Crippen LogP contribution in [0, 0.1) is 11.6 Å². The maximum Gasteiger partial charge on any atom is 0.500 e. The molecule has 0 aliphatic rings. The molecule has 96 valence electrons. The first-order chi connectivity index (χ1) is 8.05. The lowest BCUT2D eigenvalue weighted by Gasteiger charge is -2.24. The van der Waals surface area contributed by atoms with Crippen LogP contribution < -0.4 is 0 Å². The fraction of sp³-hybridized carbons (Fsp3) is 0.455. The first-order valence-electron chi connectivity index (χ1n) is 5.15. The average molecular weight is 262 g/mol. The predicted molar refractivity (Wildman–Crippen MR) is 61.7 cm³/mol. The maximum absolute atomic E-state index is 13.0. The van der Waals surface area contributed by atoms with Crippen molar-refractivity contribution in [3.8, 4) is 0 Å². The molecule has 1 aromatic carbocycles. The molecule has 1 rings (SSSR count). The van der Waals surface area contributed by atoms with Gasteiger partial charge in [-0.25, -0.2) is 8.78 Å². The third-order valence-electron chi connectivity index (χ3n) is 2.58. The van der Waals surface area contributed by atoms with Gasteiger partial charge in [0.2, 0.25) is 0 Å². The molecule has 0 amide bonds. The summed E-state index contributed by atoms with van der Waals surface area (Å²) < 4.78 is 41.6. The molecular formula is C11H16F2O3Si. The van der Waals surface area contributed by atoms with Gasteiger partial charge in [-0.3, -0.25) is 0 Å². The second-order valence-electron chi connectivity index (χ2n) is 3.57. The van der Waals surface area contributed by atoms with Crippen molar-refractivity contribution in [2.45, 2.75) is 12.5 Å². The van der Waals surface area contributed by atoms with Crippen LogP contribution in [0.1, 0.15) is 5.56 Å². The highest BCUT2D eigenvalue weighted by atomic mass is 28.4. The molecule has 6 heteroatoms. The topological polar surface area (TPSA) is 27.7 Å². The summed E-state index contributed by atoms with van der Waals surface area (Å²) in [5.41, 5.74) is 0.561. The van der Waals surface area contributed by atoms with Gasteiger partial charge in [-0.2, -0.15) is 0 Å². The quantitative estimate of drug-likeness (QED) is 0.737. The number of rotatable bonds is 6. The van der Waals surface area contributed by atoms with Crippen molar-refractivity contribution in [2.24, 2.45) is 0 Å². The number of hydrogen-bond acceptors (Lipinski definition) is 3. The molecule has 17 heavy (non-hydrogen) atoms. The minimum atomic E-state index is -2.68. The number of halogens is 2. The molecule has 0 aliphatic carbocycles. The highest BCUT2D eigenvalue weighted by Crippen LogP contribution is 2.18. The van der Waals surface area contributed by atoms with Gasteiger partial charge in [0.05, 0.1) is 0 Å². The zero-order valence-electron chi connectivity index (χ0n) is 10.1. The summed E-state index contributed by atoms with van der Waals surface area (Å²) in [6, 6.07) is 3.91. The number of hydrogen-bond donors (Lipinski definition) is 0. The molecular weight excluding hydrogens is 246 g/mol. The molecule has 0 N–H and O–H groups in total. The van der Waals surface area contributed by atoms with Crippen molar-refractivity contribution in [1.82, 2.24) is 0 Å². The van der Waals surface area contributed by atoms with E-state index in [9.17, 15) is 8.78 Å². The standard InChI is InChI=1S/C11H16F2O3Si/c1-14-17(15-2,16-3)5-4-9-6-10(12)8-11(13)7-9/h6-8H,4-5H2,1-3H3. The SMILES string of the molecule is CO[Si](CCc1cc(F)cc(F)c1)(OC)OC. The van der Waals surface area contributed by atoms with E-state index in [-0.39, 0.29) is 0 Å². The van der Waals surface area contributed by atoms with Crippen molar-refractivity contribution in [1.29, 1.82) is 0 Å². The van der Waals surface area contributed by atoms with Crippen LogP contribution in [0.2, 0.25) is 6.04 Å². The summed E-state index contributed by atoms with van der Waals surface area (Å²) in [6.07, 6.45) is 0.441. The second-order valence-corrected chi connectivity index (χ2v) is 6.66. The predicted octanol–water partition coefficient (Wildman–Crippen LogP) is 2.39. The molecule has 0 radical (unpaired) electrons. The number of benzene rings is 1. The molecule has 0 bridgehead atoms. The van der Waals surface area contributed by atoms with Crippen molar-refractivity contribution >= 4 is 8.80 Å². The smallest absolute Gasteiger partial charge is 0.377 e. The third kappa shape index (κ3) is 3.85. The van der Waals surface area contributed by atoms with Crippen LogP contribution >= 0.6 is 0 Å². The van der Waals surface area contributed by atoms with Gasteiger partial charge in [-0.05, 0) is 24.1 Å². The molecule has 0 saturated heterocycles. The van der Waals surface area contributed by atoms with Gasteiger partial charge >= 0.3 is 8.80 Å². The first kappa shape index (κ1) is 14.2. The monoisotopic (exact) mass is 262 g/mol. The lowest BCUT2D eigenvalue weighted by molar-refractivity contribution is 0.123. The summed E-state index contributed by atoms with van der Waals surface area (Å²) in [4.78, 5) is 0. The van der Waals surface area contributed by atoms with Crippen molar-refractivity contribution in [3.63, 3.8) is 0 Å². The zero-order chi connectivity index (χ0) is 12.9. The van der Waals surface area contributed by atoms with E-state index >= 15 is 0 Å². The van der Waals surface area contributed by atoms with E-state index in [4.69, 9.17) is 13.3 Å². The summed E-state index contributed by atoms with van der Waals surface area (Å²) in [6.45, 7) is 0. The van der Waals surface area contributed by atoms with Crippen LogP contribution in [0.4, 0.5) is 8.78 Å². The Kier molecular flexibility index (Phi) is 5.19. The normalized spacial score (nSPS) is 11.8. The van der Waals surface area contributed by atoms with Gasteiger partial charge < -0.3 is 13.3 Å². The first-order valence-corrected chi connectivity index (χ1v) is 7.09. The minimum Gasteiger partial charge on any atom is -0.377 e. The Morgan fingerprint density at radius 1 is 0.941 bits per heavy atom. The fourth-order valence-corrected chi connectivity index (χ4v) is 3.32. The van der Waals surface area contributed by atoms with E-state index in [0.29, 0.717) is 18.0 Å². The Balaban J connectivity index is 2.71. The number of aryl methyl sites for hydroxylation is 1. The van der Waals surface area contributed by atoms with Gasteiger partial charge in [0, 0.05) is 33.4 Å². The Morgan fingerprint density at radius 3 is 1.82 bits per heavy atom. The van der Waals surface area contributed by atoms with Crippen molar-refractivity contribution in [3.05, 3.63) is 35.4 Å². The van der Waals surface area contributed by atoms with Gasteiger partial charge in [0.1, 0.15) is 11.6 Å². The Bertz CT molecular complexity index is 341. The van der Waals surface area contributed by atoms with E-state index in [1.807, 2.05) is 0 Å². The van der Waals surface area contributed by atoms with E-state index in [0.717, 1.165) is 6.07 Å². The highest BCUT2D eigenvalue weighted by Gasteiger charge is 2.37. The lowest BCUT2D eigenvalue weighted by Crippen LogP contribution is -2.43. The summed E-state index contributed by atoms with van der Waals surface area (Å²) in [5.74, 6) is -1.17. The molecule has 0 atom stereocenters. The maximum atomic E-state index is 13.0. The van der Waals surface area contributed by atoms with Crippen molar-refractivity contribution in [2.75, 3.05) is 21.3 Å². The Morgan fingerprint density at radius 2 is 1.41 bits per heavy atom. The molecule has 0 spiro atoms. The summed E-state index contributed by atoms with van der Waals surface area (Å²) in [5, 5.41) is 0. The van der Waals surface area contributed by atoms with E-state index in [1.165, 1.54) is 33.5 Å². The highest BCUT2D eigenvalue weighted by molar-refractivity contribution is 6.60. The molecule has 0 unspecified atom stereocenters. The molecule has 0 fully saturated rings. The molecule has 1 aromatic rings. The van der Waals surface area contributed by atoms with Crippen LogP contribution in [0.15, 0.2) is 18.2 Å². The Hall–Kier alpha value is -0.823. The fourth-order valence-electron chi connectivity index (χ4n) is 1.61. The molecule has 0 heterocycles. The molecule has 0 aliphatic heterocycles. The van der Waals surface area contributed by atoms with E-state index < -0.39 is 20.4 Å². The summed E-state index contributed by atoms with van der Waals surface area (Å²) in [7, 11) is 1.84. The van der Waals surface area contributed by atoms with Gasteiger partial charge in [-0.15, -0.1) is 0 Å². The van der Waals surface area contributed by atoms with Crippen LogP contribution in [0.5, 0.6) is 0 Å². The van der Waals surface area contributed by atoms with Gasteiger partial charge in [-0.1, -0.05) is 0 Å². The molecule has 0 aromatic heterocycles. The van der Waals surface area contributed by atoms with E-state index in [1.54, 1.807) is 0 Å². The van der Waals surface area contributed by atoms with Crippen LogP contribution in [-0.4, -0.2) is 30.1 Å². The minimum absolute atomic E-state index is 0.441. The third-order valence-corrected chi connectivity index (χ3v) is 5.30. The lowest BCUT2D eigenvalue weighted by atomic mass is 10.2. The summed E-state index contributed by atoms with van der Waals surface area (Å²) >= 11 is 0. The van der Waals surface area contributed by atoms with Crippen LogP contribution in [0.25, 0.3) is 0 Å². The van der Waals surface area contributed by atoms with Crippen molar-refractivity contribution < 1.29 is 22.1 Å². The van der Waals surface area contributed by atoms with Crippen LogP contribution in [-0.2, 0) is 19.7 Å². The largest absolute Gasteiger partial charge is 0.500 e. The van der Waals surface area contributed by atoms with Gasteiger partial charge in [0.15, 0.2) is 0 Å². The van der Waals surface area contributed by atoms with Crippen LogP contribution in [0.3, 0.4) is 0 Å². The van der Waals surface area contributed by atoms with Gasteiger partial charge in [0.25, 0.3) is 0 Å².